The van der Waals surface area contributed by atoms with Crippen LogP contribution >= 0.6 is 39.9 Å². The Morgan fingerprint density at radius 2 is 2.00 bits per heavy atom. The second-order valence-corrected chi connectivity index (χ2v) is 6.71. The first-order chi connectivity index (χ1) is 11.4. The van der Waals surface area contributed by atoms with E-state index in [2.05, 4.69) is 64.6 Å². The van der Waals surface area contributed by atoms with Gasteiger partial charge in [0.15, 0.2) is 5.96 Å². The molecule has 2 N–H and O–H groups in total. The number of aryl methyl sites for hydroxylation is 2. The number of rotatable bonds is 5. The van der Waals surface area contributed by atoms with E-state index < -0.39 is 0 Å². The minimum atomic E-state index is 0. The number of hydrogen-bond donors (Lipinski definition) is 2. The average molecular weight is 520 g/mol. The van der Waals surface area contributed by atoms with E-state index in [1.54, 1.807) is 0 Å². The van der Waals surface area contributed by atoms with Gasteiger partial charge in [-0.1, -0.05) is 34.1 Å². The molecule has 0 fully saturated rings. The highest BCUT2D eigenvalue weighted by molar-refractivity contribution is 14.0. The van der Waals surface area contributed by atoms with Crippen molar-refractivity contribution < 1.29 is 0 Å². The molecule has 5 nitrogen and oxygen atoms in total. The summed E-state index contributed by atoms with van der Waals surface area (Å²) in [7, 11) is 1.97. The lowest BCUT2D eigenvalue weighted by atomic mass is 10.1. The summed E-state index contributed by atoms with van der Waals surface area (Å²) >= 11 is 3.61. The van der Waals surface area contributed by atoms with Gasteiger partial charge in [0.05, 0.1) is 18.3 Å². The molecule has 0 aliphatic carbocycles. The zero-order valence-corrected chi connectivity index (χ0v) is 19.3. The molecule has 1 unspecified atom stereocenters. The van der Waals surface area contributed by atoms with Crippen LogP contribution in [-0.2, 0) is 13.6 Å². The molecule has 0 saturated heterocycles. The maximum atomic E-state index is 4.74. The lowest BCUT2D eigenvalue weighted by Crippen LogP contribution is -2.38. The molecule has 2 aromatic rings. The summed E-state index contributed by atoms with van der Waals surface area (Å²) in [6, 6.07) is 8.38. The van der Waals surface area contributed by atoms with Crippen LogP contribution in [0.4, 0.5) is 0 Å². The van der Waals surface area contributed by atoms with Crippen molar-refractivity contribution in [2.45, 2.75) is 40.3 Å². The maximum Gasteiger partial charge on any atom is 0.192 e. The molecule has 0 bridgehead atoms. The Labute approximate surface area is 175 Å². The van der Waals surface area contributed by atoms with Gasteiger partial charge in [0.2, 0.25) is 0 Å². The fourth-order valence-electron chi connectivity index (χ4n) is 2.63. The highest BCUT2D eigenvalue weighted by atomic mass is 127. The number of hydrogen-bond acceptors (Lipinski definition) is 2. The van der Waals surface area contributed by atoms with E-state index >= 15 is 0 Å². The number of aliphatic imine (C=N–C) groups is 1. The molecule has 0 aliphatic rings. The van der Waals surface area contributed by atoms with Gasteiger partial charge in [0.25, 0.3) is 0 Å². The van der Waals surface area contributed by atoms with Gasteiger partial charge in [0, 0.05) is 29.3 Å². The summed E-state index contributed by atoms with van der Waals surface area (Å²) in [4.78, 5) is 4.74. The third kappa shape index (κ3) is 5.70. The van der Waals surface area contributed by atoms with Crippen molar-refractivity contribution in [3.63, 3.8) is 0 Å². The van der Waals surface area contributed by atoms with E-state index in [-0.39, 0.29) is 30.0 Å². The van der Waals surface area contributed by atoms with E-state index in [0.29, 0.717) is 6.54 Å². The van der Waals surface area contributed by atoms with Crippen LogP contribution in [0.2, 0.25) is 0 Å². The van der Waals surface area contributed by atoms with Gasteiger partial charge in [-0.3, -0.25) is 4.68 Å². The highest BCUT2D eigenvalue weighted by Crippen LogP contribution is 2.22. The van der Waals surface area contributed by atoms with Gasteiger partial charge in [-0.2, -0.15) is 5.10 Å². The molecule has 0 spiro atoms. The molecule has 0 radical (unpaired) electrons. The molecule has 1 atom stereocenters. The van der Waals surface area contributed by atoms with Crippen molar-refractivity contribution in [1.29, 1.82) is 0 Å². The first kappa shape index (κ1) is 22.0. The number of nitrogens with zero attached hydrogens (tertiary/aromatic N) is 3. The zero-order chi connectivity index (χ0) is 17.7. The summed E-state index contributed by atoms with van der Waals surface area (Å²) < 4.78 is 3.00. The third-order valence-corrected chi connectivity index (χ3v) is 4.85. The second-order valence-electron chi connectivity index (χ2n) is 5.86. The number of guanidine groups is 1. The van der Waals surface area contributed by atoms with Crippen molar-refractivity contribution in [3.8, 4) is 0 Å². The summed E-state index contributed by atoms with van der Waals surface area (Å²) in [5, 5.41) is 11.2. The molecule has 0 saturated carbocycles. The monoisotopic (exact) mass is 519 g/mol. The lowest BCUT2D eigenvalue weighted by Gasteiger charge is -2.19. The Bertz CT molecular complexity index is 726. The van der Waals surface area contributed by atoms with Crippen LogP contribution in [0, 0.1) is 13.8 Å². The maximum absolute atomic E-state index is 4.74. The highest BCUT2D eigenvalue weighted by Gasteiger charge is 2.12. The van der Waals surface area contributed by atoms with Gasteiger partial charge in [-0.25, -0.2) is 4.99 Å². The number of nitrogens with one attached hydrogen (secondary N) is 2. The van der Waals surface area contributed by atoms with Gasteiger partial charge >= 0.3 is 0 Å². The van der Waals surface area contributed by atoms with E-state index in [1.165, 1.54) is 11.1 Å². The van der Waals surface area contributed by atoms with Gasteiger partial charge in [-0.15, -0.1) is 24.0 Å². The molecule has 25 heavy (non-hydrogen) atoms. The summed E-state index contributed by atoms with van der Waals surface area (Å²) in [5.41, 5.74) is 4.58. The molecule has 2 rings (SSSR count). The standard InChI is InChI=1S/C18H26BrN5.HI/c1-6-20-18(21-11-16-13(3)23-24(5)14(16)4)22-12(2)15-9-7-8-10-17(15)19;/h7-10,12H,6,11H2,1-5H3,(H2,20,21,22);1H. The van der Waals surface area contributed by atoms with E-state index in [1.807, 2.05) is 30.8 Å². The number of halogens is 2. The Hall–Kier alpha value is -1.09. The van der Waals surface area contributed by atoms with Crippen molar-refractivity contribution in [2.24, 2.45) is 12.0 Å². The van der Waals surface area contributed by atoms with E-state index in [0.717, 1.165) is 28.4 Å². The van der Waals surface area contributed by atoms with Crippen molar-refractivity contribution in [3.05, 3.63) is 51.3 Å². The van der Waals surface area contributed by atoms with Gasteiger partial charge in [0.1, 0.15) is 0 Å². The lowest BCUT2D eigenvalue weighted by molar-refractivity contribution is 0.683. The van der Waals surface area contributed by atoms with E-state index in [4.69, 9.17) is 4.99 Å². The van der Waals surface area contributed by atoms with Crippen molar-refractivity contribution >= 4 is 45.9 Å². The Morgan fingerprint density at radius 1 is 1.32 bits per heavy atom. The quantitative estimate of drug-likeness (QED) is 0.353. The van der Waals surface area contributed by atoms with Gasteiger partial charge < -0.3 is 10.6 Å². The van der Waals surface area contributed by atoms with Crippen molar-refractivity contribution in [2.75, 3.05) is 6.54 Å². The van der Waals surface area contributed by atoms with Crippen molar-refractivity contribution in [1.82, 2.24) is 20.4 Å². The number of aromatic nitrogens is 2. The smallest absolute Gasteiger partial charge is 0.192 e. The molecule has 7 heteroatoms. The fourth-order valence-corrected chi connectivity index (χ4v) is 3.26. The van der Waals surface area contributed by atoms with Crippen LogP contribution in [0.5, 0.6) is 0 Å². The zero-order valence-electron chi connectivity index (χ0n) is 15.4. The minimum Gasteiger partial charge on any atom is -0.357 e. The molecular formula is C18H27BrIN5. The molecule has 1 aromatic carbocycles. The molecule has 138 valence electrons. The second kappa shape index (κ2) is 10.2. The fraction of sp³-hybridized carbons (Fsp3) is 0.444. The van der Waals surface area contributed by atoms with Crippen LogP contribution in [0.25, 0.3) is 0 Å². The van der Waals surface area contributed by atoms with Crippen LogP contribution in [0.15, 0.2) is 33.7 Å². The average Bonchev–Trinajstić information content (AvgIpc) is 2.78. The summed E-state index contributed by atoms with van der Waals surface area (Å²) in [6.45, 7) is 9.74. The third-order valence-electron chi connectivity index (χ3n) is 4.12. The SMILES string of the molecule is CCNC(=NCc1c(C)nn(C)c1C)NC(C)c1ccccc1Br.I. The van der Waals surface area contributed by atoms with Crippen LogP contribution in [0.3, 0.4) is 0 Å². The number of benzene rings is 1. The predicted molar refractivity (Wildman–Crippen MR) is 119 cm³/mol. The summed E-state index contributed by atoms with van der Waals surface area (Å²) in [6.07, 6.45) is 0. The van der Waals surface area contributed by atoms with E-state index in [9.17, 15) is 0 Å². The Morgan fingerprint density at radius 3 is 2.56 bits per heavy atom. The van der Waals surface area contributed by atoms with Crippen LogP contribution in [-0.4, -0.2) is 22.3 Å². The normalized spacial score (nSPS) is 12.5. The molecule has 1 heterocycles. The molecule has 1 aromatic heterocycles. The van der Waals surface area contributed by atoms with Crippen LogP contribution in [0.1, 0.15) is 42.4 Å². The Balaban J connectivity index is 0.00000312. The minimum absolute atomic E-state index is 0. The molecule has 0 aliphatic heterocycles. The Kier molecular flexibility index (Phi) is 8.92. The van der Waals surface area contributed by atoms with Gasteiger partial charge in [-0.05, 0) is 39.3 Å². The predicted octanol–water partition coefficient (Wildman–Crippen LogP) is 4.23. The topological polar surface area (TPSA) is 54.2 Å². The first-order valence-electron chi connectivity index (χ1n) is 8.22. The largest absolute Gasteiger partial charge is 0.357 e. The van der Waals surface area contributed by atoms with Crippen LogP contribution < -0.4 is 10.6 Å². The molecular weight excluding hydrogens is 493 g/mol. The summed E-state index contributed by atoms with van der Waals surface area (Å²) in [5.74, 6) is 0.809. The molecule has 0 amide bonds. The first-order valence-corrected chi connectivity index (χ1v) is 9.01.